The van der Waals surface area contributed by atoms with E-state index in [1.165, 1.54) is 4.57 Å². The zero-order valence-electron chi connectivity index (χ0n) is 15.6. The van der Waals surface area contributed by atoms with Crippen molar-refractivity contribution >= 4 is 23.0 Å². The van der Waals surface area contributed by atoms with Crippen LogP contribution in [-0.2, 0) is 16.1 Å². The summed E-state index contributed by atoms with van der Waals surface area (Å²) >= 11 is 0. The summed E-state index contributed by atoms with van der Waals surface area (Å²) < 4.78 is 11.9. The summed E-state index contributed by atoms with van der Waals surface area (Å²) in [6.07, 6.45) is 0.563. The lowest BCUT2D eigenvalue weighted by atomic mass is 10.2. The monoisotopic (exact) mass is 382 g/mol. The molecule has 3 rings (SSSR count). The van der Waals surface area contributed by atoms with Crippen molar-refractivity contribution in [1.29, 1.82) is 0 Å². The van der Waals surface area contributed by atoms with E-state index >= 15 is 0 Å². The Bertz CT molecular complexity index is 1010. The highest BCUT2D eigenvalue weighted by Gasteiger charge is 2.14. The molecular formula is C21H22N2O5. The lowest BCUT2D eigenvalue weighted by Gasteiger charge is -2.13. The average Bonchev–Trinajstić information content (AvgIpc) is 3.01. The SMILES string of the molecule is CC(CC(=O)OCCCn1c(=O)oc2ccccc21)NC(=O)c1ccccc1. The number of para-hydroxylation sites is 2. The molecule has 2 aromatic carbocycles. The van der Waals surface area contributed by atoms with Gasteiger partial charge in [-0.15, -0.1) is 0 Å². The van der Waals surface area contributed by atoms with Crippen LogP contribution in [0.2, 0.25) is 0 Å². The Labute approximate surface area is 161 Å². The highest BCUT2D eigenvalue weighted by Crippen LogP contribution is 2.12. The van der Waals surface area contributed by atoms with Crippen LogP contribution in [0.25, 0.3) is 11.1 Å². The number of fused-ring (bicyclic) bond motifs is 1. The minimum atomic E-state index is -0.426. The third-order valence-electron chi connectivity index (χ3n) is 4.25. The maximum Gasteiger partial charge on any atom is 0.419 e. The smallest absolute Gasteiger partial charge is 0.419 e. The van der Waals surface area contributed by atoms with Crippen LogP contribution in [0.5, 0.6) is 0 Å². The fraction of sp³-hybridized carbons (Fsp3) is 0.286. The number of carbonyl (C=O) groups excluding carboxylic acids is 2. The van der Waals surface area contributed by atoms with Gasteiger partial charge >= 0.3 is 11.7 Å². The Kier molecular flexibility index (Phi) is 6.26. The van der Waals surface area contributed by atoms with Gasteiger partial charge in [-0.2, -0.15) is 0 Å². The van der Waals surface area contributed by atoms with Gasteiger partial charge in [0.2, 0.25) is 0 Å². The maximum atomic E-state index is 12.1. The van der Waals surface area contributed by atoms with E-state index in [4.69, 9.17) is 9.15 Å². The summed E-state index contributed by atoms with van der Waals surface area (Å²) in [5.41, 5.74) is 1.80. The number of hydrogen-bond donors (Lipinski definition) is 1. The second-order valence-corrected chi connectivity index (χ2v) is 6.51. The van der Waals surface area contributed by atoms with Crippen molar-refractivity contribution in [3.63, 3.8) is 0 Å². The minimum absolute atomic E-state index is 0.0766. The first-order valence-electron chi connectivity index (χ1n) is 9.14. The number of rotatable bonds is 8. The number of aryl methyl sites for hydroxylation is 1. The Morgan fingerprint density at radius 2 is 1.82 bits per heavy atom. The number of aromatic nitrogens is 1. The lowest BCUT2D eigenvalue weighted by Crippen LogP contribution is -2.34. The average molecular weight is 382 g/mol. The Morgan fingerprint density at radius 3 is 2.61 bits per heavy atom. The molecule has 1 N–H and O–H groups in total. The van der Waals surface area contributed by atoms with Gasteiger partial charge < -0.3 is 14.5 Å². The second-order valence-electron chi connectivity index (χ2n) is 6.51. The highest BCUT2D eigenvalue weighted by molar-refractivity contribution is 5.94. The number of esters is 1. The van der Waals surface area contributed by atoms with Crippen LogP contribution in [0.4, 0.5) is 0 Å². The molecule has 7 nitrogen and oxygen atoms in total. The van der Waals surface area contributed by atoms with Gasteiger partial charge in [-0.25, -0.2) is 4.79 Å². The molecule has 1 amide bonds. The molecule has 0 bridgehead atoms. The van der Waals surface area contributed by atoms with Gasteiger partial charge in [0.15, 0.2) is 5.58 Å². The summed E-state index contributed by atoms with van der Waals surface area (Å²) in [7, 11) is 0. The molecule has 1 heterocycles. The van der Waals surface area contributed by atoms with Crippen molar-refractivity contribution in [3.05, 3.63) is 70.7 Å². The molecule has 146 valence electrons. The third-order valence-corrected chi connectivity index (χ3v) is 4.25. The number of nitrogens with one attached hydrogen (secondary N) is 1. The molecule has 0 aliphatic heterocycles. The van der Waals surface area contributed by atoms with E-state index in [1.54, 1.807) is 43.3 Å². The molecule has 28 heavy (non-hydrogen) atoms. The Morgan fingerprint density at radius 1 is 1.11 bits per heavy atom. The first-order valence-corrected chi connectivity index (χ1v) is 9.14. The summed E-state index contributed by atoms with van der Waals surface area (Å²) in [5.74, 6) is -1.05. The molecule has 0 aliphatic rings. The number of hydrogen-bond acceptors (Lipinski definition) is 5. The maximum absolute atomic E-state index is 12.1. The van der Waals surface area contributed by atoms with E-state index in [-0.39, 0.29) is 25.0 Å². The number of ether oxygens (including phenoxy) is 1. The zero-order chi connectivity index (χ0) is 19.9. The molecule has 0 spiro atoms. The van der Waals surface area contributed by atoms with Gasteiger partial charge in [0.25, 0.3) is 5.91 Å². The van der Waals surface area contributed by atoms with Crippen molar-refractivity contribution in [3.8, 4) is 0 Å². The van der Waals surface area contributed by atoms with Gasteiger partial charge in [-0.1, -0.05) is 30.3 Å². The summed E-state index contributed by atoms with van der Waals surface area (Å²) in [6.45, 7) is 2.33. The van der Waals surface area contributed by atoms with Crippen LogP contribution < -0.4 is 11.1 Å². The Balaban J connectivity index is 1.41. The largest absolute Gasteiger partial charge is 0.466 e. The van der Waals surface area contributed by atoms with E-state index in [0.29, 0.717) is 24.1 Å². The van der Waals surface area contributed by atoms with Gasteiger partial charge in [-0.3, -0.25) is 14.2 Å². The second kappa shape index (κ2) is 9.03. The van der Waals surface area contributed by atoms with Crippen LogP contribution in [0.3, 0.4) is 0 Å². The molecular weight excluding hydrogens is 360 g/mol. The molecule has 1 atom stereocenters. The number of amides is 1. The van der Waals surface area contributed by atoms with Gasteiger partial charge in [-0.05, 0) is 37.6 Å². The molecule has 7 heteroatoms. The normalized spacial score (nSPS) is 11.9. The highest BCUT2D eigenvalue weighted by atomic mass is 16.5. The molecule has 0 fully saturated rings. The topological polar surface area (TPSA) is 90.5 Å². The predicted molar refractivity (Wildman–Crippen MR) is 104 cm³/mol. The van der Waals surface area contributed by atoms with Crippen LogP contribution >= 0.6 is 0 Å². The van der Waals surface area contributed by atoms with Gasteiger partial charge in [0.05, 0.1) is 18.5 Å². The molecule has 1 unspecified atom stereocenters. The van der Waals surface area contributed by atoms with Crippen LogP contribution in [0, 0.1) is 0 Å². The first-order chi connectivity index (χ1) is 13.5. The molecule has 0 saturated carbocycles. The molecule has 0 aliphatic carbocycles. The van der Waals surface area contributed by atoms with Crippen molar-refractivity contribution in [1.82, 2.24) is 9.88 Å². The fourth-order valence-corrected chi connectivity index (χ4v) is 2.89. The van der Waals surface area contributed by atoms with Crippen molar-refractivity contribution < 1.29 is 18.7 Å². The van der Waals surface area contributed by atoms with Gasteiger partial charge in [0, 0.05) is 18.2 Å². The van der Waals surface area contributed by atoms with E-state index in [2.05, 4.69) is 5.32 Å². The summed E-state index contributed by atoms with van der Waals surface area (Å²) in [6, 6.07) is 15.6. The van der Waals surface area contributed by atoms with E-state index in [0.717, 1.165) is 5.52 Å². The van der Waals surface area contributed by atoms with Crippen LogP contribution in [-0.4, -0.2) is 29.1 Å². The van der Waals surface area contributed by atoms with Crippen molar-refractivity contribution in [2.75, 3.05) is 6.61 Å². The molecule has 0 saturated heterocycles. The molecule has 1 aromatic heterocycles. The van der Waals surface area contributed by atoms with Crippen LogP contribution in [0.15, 0.2) is 63.8 Å². The number of benzene rings is 2. The van der Waals surface area contributed by atoms with E-state index < -0.39 is 11.7 Å². The fourth-order valence-electron chi connectivity index (χ4n) is 2.89. The lowest BCUT2D eigenvalue weighted by molar-refractivity contribution is -0.144. The third kappa shape index (κ3) is 4.88. The van der Waals surface area contributed by atoms with Crippen molar-refractivity contribution in [2.45, 2.75) is 32.4 Å². The number of carbonyl (C=O) groups is 2. The molecule has 3 aromatic rings. The summed E-state index contributed by atoms with van der Waals surface area (Å²) in [5, 5.41) is 2.77. The quantitative estimate of drug-likeness (QED) is 0.478. The van der Waals surface area contributed by atoms with E-state index in [9.17, 15) is 14.4 Å². The van der Waals surface area contributed by atoms with Crippen molar-refractivity contribution in [2.24, 2.45) is 0 Å². The van der Waals surface area contributed by atoms with Gasteiger partial charge in [0.1, 0.15) is 0 Å². The zero-order valence-corrected chi connectivity index (χ0v) is 15.6. The predicted octanol–water partition coefficient (Wildman–Crippen LogP) is 2.74. The summed E-state index contributed by atoms with van der Waals surface area (Å²) in [4.78, 5) is 35.9. The molecule has 0 radical (unpaired) electrons. The first kappa shape index (κ1) is 19.4. The Hall–Kier alpha value is -3.35. The number of oxazole rings is 1. The minimum Gasteiger partial charge on any atom is -0.466 e. The number of nitrogens with zero attached hydrogens (tertiary/aromatic N) is 1. The standard InChI is InChI=1S/C21H22N2O5/c1-15(22-20(25)16-8-3-2-4-9-16)14-19(24)27-13-7-12-23-17-10-5-6-11-18(17)28-21(23)26/h2-6,8-11,15H,7,12-14H2,1H3,(H,22,25). The van der Waals surface area contributed by atoms with Crippen LogP contribution in [0.1, 0.15) is 30.1 Å². The van der Waals surface area contributed by atoms with E-state index in [1.807, 2.05) is 18.2 Å².